The molecule has 6 nitrogen and oxygen atoms in total. The summed E-state index contributed by atoms with van der Waals surface area (Å²) in [6, 6.07) is 14.6. The van der Waals surface area contributed by atoms with Crippen LogP contribution in [0, 0.1) is 0 Å². The minimum atomic E-state index is 0.00301. The molecule has 0 radical (unpaired) electrons. The van der Waals surface area contributed by atoms with Crippen molar-refractivity contribution in [1.82, 2.24) is 10.1 Å². The van der Waals surface area contributed by atoms with E-state index in [-0.39, 0.29) is 11.9 Å². The lowest BCUT2D eigenvalue weighted by Gasteiger charge is -2.38. The maximum Gasteiger partial charge on any atom is 0.256 e. The van der Waals surface area contributed by atoms with E-state index in [0.29, 0.717) is 0 Å². The number of nitrogens with one attached hydrogen (secondary N) is 1. The minimum absolute atomic E-state index is 0.00301. The number of nitrogens with zero attached hydrogens (tertiary/aromatic N) is 3. The van der Waals surface area contributed by atoms with Gasteiger partial charge in [-0.25, -0.2) is 0 Å². The van der Waals surface area contributed by atoms with Crippen LogP contribution in [0.15, 0.2) is 52.6 Å². The van der Waals surface area contributed by atoms with Gasteiger partial charge in [-0.1, -0.05) is 28.9 Å². The first-order valence-electron chi connectivity index (χ1n) is 10.5. The molecule has 1 saturated heterocycles. The molecular weight excluding hydrogens is 376 g/mol. The van der Waals surface area contributed by atoms with E-state index in [1.165, 1.54) is 5.56 Å². The molecule has 30 heavy (non-hydrogen) atoms. The zero-order valence-corrected chi connectivity index (χ0v) is 17.6. The van der Waals surface area contributed by atoms with Crippen molar-refractivity contribution in [3.05, 3.63) is 59.2 Å². The molecule has 5 rings (SSSR count). The van der Waals surface area contributed by atoms with E-state index >= 15 is 0 Å². The summed E-state index contributed by atoms with van der Waals surface area (Å²) in [6.07, 6.45) is 0. The quantitative estimate of drug-likeness (QED) is 0.656. The zero-order valence-electron chi connectivity index (χ0n) is 17.6. The van der Waals surface area contributed by atoms with Gasteiger partial charge >= 0.3 is 0 Å². The maximum atomic E-state index is 12.3. The number of carbonyl (C=O) groups is 1. The van der Waals surface area contributed by atoms with Crippen LogP contribution in [0.3, 0.4) is 0 Å². The number of hydrogen-bond donors (Lipinski definition) is 1. The topological polar surface area (TPSA) is 61.6 Å². The fourth-order valence-electron chi connectivity index (χ4n) is 4.57. The first-order valence-corrected chi connectivity index (χ1v) is 10.5. The number of piperazine rings is 1. The van der Waals surface area contributed by atoms with Gasteiger partial charge in [-0.3, -0.25) is 9.69 Å². The highest BCUT2D eigenvalue weighted by Gasteiger charge is 2.28. The van der Waals surface area contributed by atoms with E-state index in [2.05, 4.69) is 45.4 Å². The van der Waals surface area contributed by atoms with Crippen molar-refractivity contribution in [2.24, 2.45) is 0 Å². The van der Waals surface area contributed by atoms with Gasteiger partial charge in [0.05, 0.1) is 5.39 Å². The second-order valence-corrected chi connectivity index (χ2v) is 8.34. The van der Waals surface area contributed by atoms with Crippen LogP contribution >= 0.6 is 0 Å². The van der Waals surface area contributed by atoms with E-state index in [1.807, 2.05) is 38.1 Å². The molecule has 3 heterocycles. The molecule has 1 unspecified atom stereocenters. The van der Waals surface area contributed by atoms with Gasteiger partial charge in [-0.15, -0.1) is 0 Å². The predicted octanol–water partition coefficient (Wildman–Crippen LogP) is 4.46. The molecule has 2 aliphatic rings. The molecule has 6 heteroatoms. The fourth-order valence-corrected chi connectivity index (χ4v) is 4.57. The summed E-state index contributed by atoms with van der Waals surface area (Å²) < 4.78 is 5.48. The lowest BCUT2D eigenvalue weighted by molar-refractivity contribution is -0.110. The Bertz CT molecular complexity index is 1150. The molecule has 1 fully saturated rings. The lowest BCUT2D eigenvalue weighted by Crippen LogP contribution is -2.47. The molecule has 0 bridgehead atoms. The van der Waals surface area contributed by atoms with Gasteiger partial charge in [0.2, 0.25) is 0 Å². The molecule has 0 spiro atoms. The number of benzene rings is 2. The van der Waals surface area contributed by atoms with Gasteiger partial charge in [-0.05, 0) is 50.6 Å². The van der Waals surface area contributed by atoms with E-state index in [0.717, 1.165) is 65.4 Å². The van der Waals surface area contributed by atoms with Gasteiger partial charge in [0.25, 0.3) is 5.91 Å². The molecule has 1 N–H and O–H groups in total. The van der Waals surface area contributed by atoms with Crippen LogP contribution in [-0.4, -0.2) is 42.1 Å². The molecule has 2 aromatic carbocycles. The average Bonchev–Trinajstić information content (AvgIpc) is 3.33. The first kappa shape index (κ1) is 18.9. The van der Waals surface area contributed by atoms with Crippen LogP contribution in [0.2, 0.25) is 0 Å². The SMILES string of the molecule is CC(C)=C1C(=O)Nc2ccc(C(C)N3CCN(c4noc5ccccc45)CC3)cc21. The molecule has 154 valence electrons. The third kappa shape index (κ3) is 3.08. The van der Waals surface area contributed by atoms with Crippen LogP contribution in [0.4, 0.5) is 11.5 Å². The predicted molar refractivity (Wildman–Crippen MR) is 120 cm³/mol. The molecular formula is C24H26N4O2. The fraction of sp³-hybridized carbons (Fsp3) is 0.333. The Hall–Kier alpha value is -3.12. The van der Waals surface area contributed by atoms with Gasteiger partial charge in [0.1, 0.15) is 0 Å². The summed E-state index contributed by atoms with van der Waals surface area (Å²) in [5.41, 5.74) is 5.86. The Kier molecular flexibility index (Phi) is 4.59. The van der Waals surface area contributed by atoms with Gasteiger partial charge in [0, 0.05) is 49.0 Å². The van der Waals surface area contributed by atoms with Gasteiger partial charge < -0.3 is 14.7 Å². The minimum Gasteiger partial charge on any atom is -0.354 e. The number of para-hydroxylation sites is 1. The van der Waals surface area contributed by atoms with E-state index in [9.17, 15) is 4.79 Å². The molecule has 1 aromatic heterocycles. The van der Waals surface area contributed by atoms with Crippen LogP contribution in [0.25, 0.3) is 16.5 Å². The summed E-state index contributed by atoms with van der Waals surface area (Å²) >= 11 is 0. The highest BCUT2D eigenvalue weighted by molar-refractivity contribution is 6.32. The number of aromatic nitrogens is 1. The molecule has 0 saturated carbocycles. The van der Waals surface area contributed by atoms with Crippen molar-refractivity contribution in [3.8, 4) is 0 Å². The molecule has 2 aliphatic heterocycles. The molecule has 3 aromatic rings. The van der Waals surface area contributed by atoms with E-state index < -0.39 is 0 Å². The number of fused-ring (bicyclic) bond motifs is 2. The number of carbonyl (C=O) groups excluding carboxylic acids is 1. The zero-order chi connectivity index (χ0) is 20.8. The standard InChI is InChI=1S/C24H26N4O2/c1-15(2)22-19-14-17(8-9-20(19)25-24(22)29)16(3)27-10-12-28(13-11-27)23-18-6-4-5-7-21(18)30-26-23/h4-9,14,16H,10-13H2,1-3H3,(H,25,29). The Morgan fingerprint density at radius 2 is 1.87 bits per heavy atom. The van der Waals surface area contributed by atoms with Crippen molar-refractivity contribution in [3.63, 3.8) is 0 Å². The second kappa shape index (κ2) is 7.29. The Balaban J connectivity index is 1.33. The monoisotopic (exact) mass is 402 g/mol. The van der Waals surface area contributed by atoms with Crippen molar-refractivity contribution in [2.75, 3.05) is 36.4 Å². The van der Waals surface area contributed by atoms with Crippen LogP contribution in [-0.2, 0) is 4.79 Å². The van der Waals surface area contributed by atoms with E-state index in [4.69, 9.17) is 4.52 Å². The Labute approximate surface area is 176 Å². The first-order chi connectivity index (χ1) is 14.5. The van der Waals surface area contributed by atoms with Crippen LogP contribution < -0.4 is 10.2 Å². The van der Waals surface area contributed by atoms with E-state index in [1.54, 1.807) is 0 Å². The third-order valence-corrected chi connectivity index (χ3v) is 6.29. The van der Waals surface area contributed by atoms with Crippen molar-refractivity contribution >= 4 is 34.0 Å². The van der Waals surface area contributed by atoms with Crippen molar-refractivity contribution < 1.29 is 9.32 Å². The molecule has 1 atom stereocenters. The number of hydrogen-bond acceptors (Lipinski definition) is 5. The largest absolute Gasteiger partial charge is 0.354 e. The number of rotatable bonds is 3. The lowest BCUT2D eigenvalue weighted by atomic mass is 9.97. The second-order valence-electron chi connectivity index (χ2n) is 8.34. The molecule has 1 amide bonds. The summed E-state index contributed by atoms with van der Waals surface area (Å²) in [7, 11) is 0. The summed E-state index contributed by atoms with van der Waals surface area (Å²) in [6.45, 7) is 9.95. The van der Waals surface area contributed by atoms with Crippen molar-refractivity contribution in [2.45, 2.75) is 26.8 Å². The smallest absolute Gasteiger partial charge is 0.256 e. The maximum absolute atomic E-state index is 12.3. The van der Waals surface area contributed by atoms with Crippen molar-refractivity contribution in [1.29, 1.82) is 0 Å². The number of allylic oxidation sites excluding steroid dienone is 1. The Morgan fingerprint density at radius 1 is 1.10 bits per heavy atom. The van der Waals surface area contributed by atoms with Crippen LogP contribution in [0.5, 0.6) is 0 Å². The normalized spacial score (nSPS) is 17.9. The highest BCUT2D eigenvalue weighted by atomic mass is 16.5. The third-order valence-electron chi connectivity index (χ3n) is 6.29. The van der Waals surface area contributed by atoms with Gasteiger partial charge in [0.15, 0.2) is 11.4 Å². The van der Waals surface area contributed by atoms with Gasteiger partial charge in [-0.2, -0.15) is 0 Å². The molecule has 0 aliphatic carbocycles. The summed E-state index contributed by atoms with van der Waals surface area (Å²) in [5.74, 6) is 0.941. The summed E-state index contributed by atoms with van der Waals surface area (Å²) in [4.78, 5) is 17.1. The average molecular weight is 402 g/mol. The Morgan fingerprint density at radius 3 is 2.63 bits per heavy atom. The number of amides is 1. The highest BCUT2D eigenvalue weighted by Crippen LogP contribution is 2.36. The van der Waals surface area contributed by atoms with Crippen LogP contribution in [0.1, 0.15) is 37.9 Å². The number of anilines is 2. The summed E-state index contributed by atoms with van der Waals surface area (Å²) in [5, 5.41) is 8.36.